The Morgan fingerprint density at radius 1 is 1.32 bits per heavy atom. The Balaban J connectivity index is 0.00000133. The van der Waals surface area contributed by atoms with Crippen LogP contribution in [-0.4, -0.2) is 43.5 Å². The van der Waals surface area contributed by atoms with E-state index in [-0.39, 0.29) is 24.0 Å². The van der Waals surface area contributed by atoms with E-state index in [0.717, 1.165) is 25.7 Å². The van der Waals surface area contributed by atoms with Crippen LogP contribution in [0.15, 0.2) is 0 Å². The third-order valence-electron chi connectivity index (χ3n) is 4.87. The third-order valence-corrected chi connectivity index (χ3v) is 4.87. The van der Waals surface area contributed by atoms with Crippen molar-refractivity contribution in [1.29, 1.82) is 0 Å². The van der Waals surface area contributed by atoms with Crippen molar-refractivity contribution in [2.75, 3.05) is 26.4 Å². The fourth-order valence-electron chi connectivity index (χ4n) is 4.02. The van der Waals surface area contributed by atoms with E-state index < -0.39 is 11.0 Å². The molecule has 6 heteroatoms. The molecule has 4 fully saturated rings. The summed E-state index contributed by atoms with van der Waals surface area (Å²) in [4.78, 5) is 12.4. The molecule has 0 unspecified atom stereocenters. The summed E-state index contributed by atoms with van der Waals surface area (Å²) in [7, 11) is 0. The third kappa shape index (κ3) is 1.82. The molecule has 0 amide bonds. The monoisotopic (exact) mass is 291 g/mol. The molecule has 0 atom stereocenters. The molecular formula is C13H22ClNO4. The van der Waals surface area contributed by atoms with Crippen LogP contribution in [0.2, 0.25) is 0 Å². The first-order valence-electron chi connectivity index (χ1n) is 6.77. The smallest absolute Gasteiger partial charge is 0.315 e. The molecule has 1 spiro atoms. The summed E-state index contributed by atoms with van der Waals surface area (Å²) in [5, 5.41) is 0. The van der Waals surface area contributed by atoms with Crippen molar-refractivity contribution < 1.29 is 19.0 Å². The number of nitrogens with two attached hydrogens (primary N) is 1. The number of hydrogen-bond donors (Lipinski definition) is 1. The Bertz CT molecular complexity index is 362. The summed E-state index contributed by atoms with van der Waals surface area (Å²) < 4.78 is 17.0. The van der Waals surface area contributed by atoms with Crippen molar-refractivity contribution in [1.82, 2.24) is 0 Å². The standard InChI is InChI=1S/C13H21NO4.ClH/c1-2-17-10(15)12-7-11(8-12,9-14)18-13(12)3-5-16-6-4-13;/h2-9,14H2,1H3;1H. The maximum atomic E-state index is 12.4. The average Bonchev–Trinajstić information content (AvgIpc) is 2.75. The van der Waals surface area contributed by atoms with E-state index in [9.17, 15) is 4.79 Å². The maximum absolute atomic E-state index is 12.4. The number of ether oxygens (including phenoxy) is 3. The topological polar surface area (TPSA) is 70.8 Å². The summed E-state index contributed by atoms with van der Waals surface area (Å²) in [6.07, 6.45) is 2.98. The van der Waals surface area contributed by atoms with E-state index in [1.165, 1.54) is 0 Å². The lowest BCUT2D eigenvalue weighted by molar-refractivity contribution is -0.170. The van der Waals surface area contributed by atoms with Crippen molar-refractivity contribution in [3.8, 4) is 0 Å². The van der Waals surface area contributed by atoms with Crippen LogP contribution in [0.1, 0.15) is 32.6 Å². The molecule has 1 aliphatic carbocycles. The molecule has 0 aromatic carbocycles. The van der Waals surface area contributed by atoms with Gasteiger partial charge in [0.15, 0.2) is 0 Å². The van der Waals surface area contributed by atoms with Gasteiger partial charge in [0.05, 0.1) is 17.8 Å². The van der Waals surface area contributed by atoms with Gasteiger partial charge in [0, 0.05) is 32.6 Å². The molecule has 2 bridgehead atoms. The fraction of sp³-hybridized carbons (Fsp3) is 0.923. The molecule has 0 radical (unpaired) electrons. The minimum absolute atomic E-state index is 0. The predicted molar refractivity (Wildman–Crippen MR) is 71.2 cm³/mol. The van der Waals surface area contributed by atoms with E-state index in [2.05, 4.69) is 0 Å². The molecule has 110 valence electrons. The van der Waals surface area contributed by atoms with E-state index >= 15 is 0 Å². The minimum atomic E-state index is -0.466. The van der Waals surface area contributed by atoms with Gasteiger partial charge < -0.3 is 19.9 Å². The molecule has 0 aromatic heterocycles. The molecule has 19 heavy (non-hydrogen) atoms. The zero-order valence-corrected chi connectivity index (χ0v) is 12.1. The van der Waals surface area contributed by atoms with Crippen LogP contribution in [-0.2, 0) is 19.0 Å². The van der Waals surface area contributed by atoms with Gasteiger partial charge in [-0.25, -0.2) is 0 Å². The van der Waals surface area contributed by atoms with Crippen molar-refractivity contribution in [3.05, 3.63) is 0 Å². The highest BCUT2D eigenvalue weighted by Gasteiger charge is 2.78. The molecule has 2 N–H and O–H groups in total. The average molecular weight is 292 g/mol. The summed E-state index contributed by atoms with van der Waals surface area (Å²) in [5.41, 5.74) is 4.67. The second-order valence-corrected chi connectivity index (χ2v) is 5.75. The number of halogens is 1. The molecule has 3 aliphatic heterocycles. The van der Waals surface area contributed by atoms with Gasteiger partial charge in [-0.1, -0.05) is 0 Å². The van der Waals surface area contributed by atoms with E-state index in [1.54, 1.807) is 0 Å². The van der Waals surface area contributed by atoms with Crippen LogP contribution in [0.25, 0.3) is 0 Å². The first-order chi connectivity index (χ1) is 8.62. The number of rotatable bonds is 3. The van der Waals surface area contributed by atoms with E-state index in [1.807, 2.05) is 6.92 Å². The molecular weight excluding hydrogens is 270 g/mol. The van der Waals surface area contributed by atoms with Crippen LogP contribution in [0, 0.1) is 5.41 Å². The van der Waals surface area contributed by atoms with Gasteiger partial charge in [0.25, 0.3) is 0 Å². The van der Waals surface area contributed by atoms with Crippen LogP contribution in [0.5, 0.6) is 0 Å². The first-order valence-corrected chi connectivity index (χ1v) is 6.77. The lowest BCUT2D eigenvalue weighted by atomic mass is 9.54. The highest BCUT2D eigenvalue weighted by molar-refractivity contribution is 5.85. The molecule has 4 rings (SSSR count). The zero-order chi connectivity index (χ0) is 12.9. The predicted octanol–water partition coefficient (Wildman–Crippen LogP) is 1.03. The van der Waals surface area contributed by atoms with Gasteiger partial charge in [-0.3, -0.25) is 4.79 Å². The Morgan fingerprint density at radius 2 is 1.95 bits per heavy atom. The van der Waals surface area contributed by atoms with E-state index in [4.69, 9.17) is 19.9 Å². The lowest BCUT2D eigenvalue weighted by Crippen LogP contribution is -2.58. The minimum Gasteiger partial charge on any atom is -0.465 e. The second kappa shape index (κ2) is 4.88. The lowest BCUT2D eigenvalue weighted by Gasteiger charge is -2.46. The van der Waals surface area contributed by atoms with E-state index in [0.29, 0.717) is 26.4 Å². The van der Waals surface area contributed by atoms with Crippen LogP contribution >= 0.6 is 12.4 Å². The summed E-state index contributed by atoms with van der Waals surface area (Å²) in [6, 6.07) is 0. The highest BCUT2D eigenvalue weighted by atomic mass is 35.5. The summed E-state index contributed by atoms with van der Waals surface area (Å²) in [5.74, 6) is -0.103. The molecule has 4 aliphatic rings. The fourth-order valence-corrected chi connectivity index (χ4v) is 4.02. The number of hydrogen-bond acceptors (Lipinski definition) is 5. The van der Waals surface area contributed by atoms with Gasteiger partial charge in [-0.05, 0) is 19.8 Å². The van der Waals surface area contributed by atoms with Crippen LogP contribution in [0.4, 0.5) is 0 Å². The normalized spacial score (nSPS) is 38.4. The van der Waals surface area contributed by atoms with Crippen molar-refractivity contribution in [2.45, 2.75) is 43.8 Å². The molecule has 0 aromatic rings. The van der Waals surface area contributed by atoms with Crippen molar-refractivity contribution in [3.63, 3.8) is 0 Å². The van der Waals surface area contributed by atoms with Crippen molar-refractivity contribution >= 4 is 18.4 Å². The van der Waals surface area contributed by atoms with Crippen LogP contribution in [0.3, 0.4) is 0 Å². The van der Waals surface area contributed by atoms with Gasteiger partial charge in [-0.2, -0.15) is 0 Å². The van der Waals surface area contributed by atoms with Gasteiger partial charge >= 0.3 is 5.97 Å². The van der Waals surface area contributed by atoms with Gasteiger partial charge in [0.1, 0.15) is 5.41 Å². The molecule has 1 saturated carbocycles. The van der Waals surface area contributed by atoms with Crippen LogP contribution < -0.4 is 5.73 Å². The number of carbonyl (C=O) groups excluding carboxylic acids is 1. The molecule has 3 saturated heterocycles. The summed E-state index contributed by atoms with van der Waals surface area (Å²) >= 11 is 0. The zero-order valence-electron chi connectivity index (χ0n) is 11.3. The second-order valence-electron chi connectivity index (χ2n) is 5.75. The quantitative estimate of drug-likeness (QED) is 0.787. The highest BCUT2D eigenvalue weighted by Crippen LogP contribution is 2.69. The Hall–Kier alpha value is -0.360. The Labute approximate surface area is 119 Å². The molecule has 5 nitrogen and oxygen atoms in total. The first kappa shape index (κ1) is 15.0. The number of carbonyl (C=O) groups is 1. The number of esters is 1. The maximum Gasteiger partial charge on any atom is 0.315 e. The summed E-state index contributed by atoms with van der Waals surface area (Å²) in [6.45, 7) is 4.05. The molecule has 3 heterocycles. The SMILES string of the molecule is CCOC(=O)C12CC(CN)(C1)OC21CCOCC1.Cl. The Kier molecular flexibility index (Phi) is 3.86. The van der Waals surface area contributed by atoms with Crippen molar-refractivity contribution in [2.24, 2.45) is 11.1 Å². The largest absolute Gasteiger partial charge is 0.465 e. The van der Waals surface area contributed by atoms with Gasteiger partial charge in [-0.15, -0.1) is 12.4 Å². The Morgan fingerprint density at radius 3 is 2.47 bits per heavy atom. The van der Waals surface area contributed by atoms with Gasteiger partial charge in [0.2, 0.25) is 0 Å².